The summed E-state index contributed by atoms with van der Waals surface area (Å²) in [5.41, 5.74) is 0. The Hall–Kier alpha value is -1.26. The van der Waals surface area contributed by atoms with E-state index in [1.54, 1.807) is 7.05 Å². The molecule has 94 valence electrons. The molecule has 1 amide bonds. The van der Waals surface area contributed by atoms with E-state index in [1.165, 1.54) is 16.7 Å². The van der Waals surface area contributed by atoms with Gasteiger partial charge in [0.05, 0.1) is 36.8 Å². The lowest BCUT2D eigenvalue weighted by Gasteiger charge is -2.26. The van der Waals surface area contributed by atoms with Crippen molar-refractivity contribution in [1.82, 2.24) is 4.90 Å². The number of carboxylic acids is 1. The Morgan fingerprint density at radius 2 is 2.29 bits per heavy atom. The molecule has 1 fully saturated rings. The van der Waals surface area contributed by atoms with Crippen molar-refractivity contribution in [3.8, 4) is 6.07 Å². The molecule has 1 saturated heterocycles. The zero-order valence-electron chi connectivity index (χ0n) is 9.46. The number of nitriles is 1. The van der Waals surface area contributed by atoms with Gasteiger partial charge in [0.2, 0.25) is 5.91 Å². The van der Waals surface area contributed by atoms with Crippen molar-refractivity contribution in [1.29, 1.82) is 5.26 Å². The zero-order valence-corrected chi connectivity index (χ0v) is 10.3. The van der Waals surface area contributed by atoms with Crippen molar-refractivity contribution in [3.63, 3.8) is 0 Å². The molecule has 2 atom stereocenters. The Morgan fingerprint density at radius 3 is 2.88 bits per heavy atom. The van der Waals surface area contributed by atoms with Gasteiger partial charge in [-0.2, -0.15) is 5.26 Å². The minimum atomic E-state index is -0.947. The third kappa shape index (κ3) is 3.61. The Labute approximate surface area is 104 Å². The van der Waals surface area contributed by atoms with Gasteiger partial charge in [-0.25, -0.2) is 0 Å². The number of thioether (sulfide) groups is 1. The van der Waals surface area contributed by atoms with Crippen LogP contribution in [0.1, 0.15) is 0 Å². The van der Waals surface area contributed by atoms with Crippen LogP contribution in [0.3, 0.4) is 0 Å². The van der Waals surface area contributed by atoms with Crippen LogP contribution >= 0.6 is 11.8 Å². The van der Waals surface area contributed by atoms with Crippen LogP contribution < -0.4 is 0 Å². The number of carbonyl (C=O) groups excluding carboxylic acids is 1. The fourth-order valence-electron chi connectivity index (χ4n) is 1.63. The average molecular weight is 258 g/mol. The molecule has 1 aliphatic rings. The minimum Gasteiger partial charge on any atom is -0.481 e. The summed E-state index contributed by atoms with van der Waals surface area (Å²) < 4.78 is 5.09. The second-order valence-electron chi connectivity index (χ2n) is 3.71. The summed E-state index contributed by atoms with van der Waals surface area (Å²) in [6.45, 7) is 0.394. The summed E-state index contributed by atoms with van der Waals surface area (Å²) in [6.07, 6.45) is 0. The molecule has 0 aromatic heterocycles. The van der Waals surface area contributed by atoms with Gasteiger partial charge in [-0.3, -0.25) is 9.59 Å². The first-order chi connectivity index (χ1) is 8.07. The zero-order chi connectivity index (χ0) is 12.8. The summed E-state index contributed by atoms with van der Waals surface area (Å²) in [4.78, 5) is 24.1. The van der Waals surface area contributed by atoms with Gasteiger partial charge in [-0.15, -0.1) is 11.8 Å². The van der Waals surface area contributed by atoms with Crippen LogP contribution in [-0.4, -0.2) is 59.7 Å². The smallest absolute Gasteiger partial charge is 0.311 e. The number of hydrogen-bond donors (Lipinski definition) is 1. The number of amides is 1. The lowest BCUT2D eigenvalue weighted by Crippen LogP contribution is -2.44. The van der Waals surface area contributed by atoms with Crippen LogP contribution in [-0.2, 0) is 14.3 Å². The third-order valence-electron chi connectivity index (χ3n) is 2.65. The fourth-order valence-corrected chi connectivity index (χ4v) is 2.20. The molecule has 0 bridgehead atoms. The van der Waals surface area contributed by atoms with Crippen molar-refractivity contribution in [2.24, 2.45) is 5.92 Å². The second kappa shape index (κ2) is 6.47. The van der Waals surface area contributed by atoms with Crippen LogP contribution in [0.25, 0.3) is 0 Å². The highest BCUT2D eigenvalue weighted by Crippen LogP contribution is 2.19. The van der Waals surface area contributed by atoms with Crippen molar-refractivity contribution in [3.05, 3.63) is 0 Å². The topological polar surface area (TPSA) is 90.6 Å². The fraction of sp³-hybridized carbons (Fsp3) is 0.700. The molecule has 1 N–H and O–H groups in total. The van der Waals surface area contributed by atoms with Crippen molar-refractivity contribution in [2.45, 2.75) is 6.04 Å². The molecule has 0 spiro atoms. The molecular weight excluding hydrogens is 244 g/mol. The van der Waals surface area contributed by atoms with Gasteiger partial charge >= 0.3 is 5.97 Å². The number of aliphatic carboxylic acids is 1. The first kappa shape index (κ1) is 13.8. The number of rotatable bonds is 5. The number of hydrogen-bond acceptors (Lipinski definition) is 5. The van der Waals surface area contributed by atoms with Gasteiger partial charge in [0.25, 0.3) is 0 Å². The minimum absolute atomic E-state index is 0.142. The molecule has 0 saturated carbocycles. The van der Waals surface area contributed by atoms with Crippen molar-refractivity contribution in [2.75, 3.05) is 31.8 Å². The first-order valence-electron chi connectivity index (χ1n) is 5.08. The van der Waals surface area contributed by atoms with E-state index in [9.17, 15) is 9.59 Å². The number of carboxylic acid groups (broad SMARTS) is 1. The van der Waals surface area contributed by atoms with E-state index in [4.69, 9.17) is 15.1 Å². The van der Waals surface area contributed by atoms with Crippen molar-refractivity contribution < 1.29 is 19.4 Å². The Bertz CT molecular complexity index is 342. The molecule has 2 unspecified atom stereocenters. The molecular formula is C10H14N2O4S. The lowest BCUT2D eigenvalue weighted by molar-refractivity contribution is -0.144. The van der Waals surface area contributed by atoms with Crippen molar-refractivity contribution >= 4 is 23.6 Å². The van der Waals surface area contributed by atoms with Gasteiger partial charge in [0.1, 0.15) is 5.92 Å². The van der Waals surface area contributed by atoms with Gasteiger partial charge in [0.15, 0.2) is 0 Å². The van der Waals surface area contributed by atoms with E-state index >= 15 is 0 Å². The second-order valence-corrected chi connectivity index (χ2v) is 4.69. The Kier molecular flexibility index (Phi) is 5.25. The predicted octanol–water partition coefficient (Wildman–Crippen LogP) is -0.199. The number of carbonyl (C=O) groups is 2. The summed E-state index contributed by atoms with van der Waals surface area (Å²) in [5.74, 6) is -1.34. The largest absolute Gasteiger partial charge is 0.481 e. The maximum absolute atomic E-state index is 11.7. The van der Waals surface area contributed by atoms with Gasteiger partial charge < -0.3 is 14.7 Å². The predicted molar refractivity (Wildman–Crippen MR) is 61.4 cm³/mol. The monoisotopic (exact) mass is 258 g/mol. The maximum atomic E-state index is 11.7. The SMILES string of the molecule is CN(C(=O)CSCC#N)C1COCC1C(=O)O. The van der Waals surface area contributed by atoms with E-state index in [0.29, 0.717) is 0 Å². The highest BCUT2D eigenvalue weighted by molar-refractivity contribution is 8.00. The first-order valence-corrected chi connectivity index (χ1v) is 6.24. The Morgan fingerprint density at radius 1 is 1.59 bits per heavy atom. The molecule has 1 rings (SSSR count). The molecule has 1 aliphatic heterocycles. The van der Waals surface area contributed by atoms with Crippen LogP contribution in [0.15, 0.2) is 0 Å². The molecule has 7 heteroatoms. The summed E-state index contributed by atoms with van der Waals surface area (Å²) in [7, 11) is 1.57. The quantitative estimate of drug-likeness (QED) is 0.687. The molecule has 17 heavy (non-hydrogen) atoms. The summed E-state index contributed by atoms with van der Waals surface area (Å²) in [6, 6.07) is 1.52. The summed E-state index contributed by atoms with van der Waals surface area (Å²) in [5, 5.41) is 17.3. The van der Waals surface area contributed by atoms with E-state index in [2.05, 4.69) is 0 Å². The normalized spacial score (nSPS) is 23.1. The van der Waals surface area contributed by atoms with E-state index in [-0.39, 0.29) is 30.6 Å². The maximum Gasteiger partial charge on any atom is 0.311 e. The highest BCUT2D eigenvalue weighted by Gasteiger charge is 2.38. The van der Waals surface area contributed by atoms with E-state index in [0.717, 1.165) is 0 Å². The standard InChI is InChI=1S/C10H14N2O4S/c1-12(9(13)6-17-3-2-11)8-5-16-4-7(8)10(14)15/h7-8H,3-6H2,1H3,(H,14,15). The molecule has 0 radical (unpaired) electrons. The average Bonchev–Trinajstić information content (AvgIpc) is 2.77. The number of nitrogens with zero attached hydrogens (tertiary/aromatic N) is 2. The highest BCUT2D eigenvalue weighted by atomic mass is 32.2. The van der Waals surface area contributed by atoms with Crippen LogP contribution in [0.2, 0.25) is 0 Å². The lowest BCUT2D eigenvalue weighted by atomic mass is 10.0. The number of likely N-dealkylation sites (N-methyl/N-ethyl adjacent to an activating group) is 1. The molecule has 0 aromatic rings. The Balaban J connectivity index is 2.51. The molecule has 1 heterocycles. The van der Waals surface area contributed by atoms with Crippen LogP contribution in [0.5, 0.6) is 0 Å². The molecule has 0 aliphatic carbocycles. The van der Waals surface area contributed by atoms with E-state index in [1.807, 2.05) is 6.07 Å². The van der Waals surface area contributed by atoms with Crippen LogP contribution in [0.4, 0.5) is 0 Å². The third-order valence-corrected chi connectivity index (χ3v) is 3.43. The van der Waals surface area contributed by atoms with E-state index < -0.39 is 17.9 Å². The molecule has 6 nitrogen and oxygen atoms in total. The van der Waals surface area contributed by atoms with Gasteiger partial charge in [-0.1, -0.05) is 0 Å². The van der Waals surface area contributed by atoms with Gasteiger partial charge in [0, 0.05) is 7.05 Å². The summed E-state index contributed by atoms with van der Waals surface area (Å²) >= 11 is 1.22. The van der Waals surface area contributed by atoms with Crippen LogP contribution in [0, 0.1) is 17.2 Å². The number of ether oxygens (including phenoxy) is 1. The molecule has 0 aromatic carbocycles. The van der Waals surface area contributed by atoms with Gasteiger partial charge in [-0.05, 0) is 0 Å².